The van der Waals surface area contributed by atoms with E-state index in [4.69, 9.17) is 58.8 Å². The van der Waals surface area contributed by atoms with Gasteiger partial charge in [-0.05, 0) is 0 Å². The van der Waals surface area contributed by atoms with E-state index in [-0.39, 0.29) is 59.0 Å². The third-order valence-corrected chi connectivity index (χ3v) is 13.1. The molecule has 3 aliphatic heterocycles. The summed E-state index contributed by atoms with van der Waals surface area (Å²) in [7, 11) is -13.0. The van der Waals surface area contributed by atoms with E-state index >= 15 is 0 Å². The standard InChI is InChI=1S/C31H40N15O15P3/c1-53-14-3-19(44-11-41-22-25(32)35-8-38-28(22)44)56-17(14)7-55-63(49,50)61-31-16(5-21(58-31)46-13-43-24-27(34)37-10-40-30(24)46)60-64(51,52)59-15-4-20(57-18(15)6-54-62(2,47)48)45-12-42-23-26(33)36-9-39-29(23)45/h8-21,31H,3-7H2,1-2H3,(H,47,48)(H,49,50)(H,51,52)(H2,32,35,38)(H2,33,36,39)(H2,34,37,40)/t14?,15?,16?,17-,18-,19-,20-,21-,31-/m1/s1. The molecular weight excluding hydrogens is 915 g/mol. The van der Waals surface area contributed by atoms with Gasteiger partial charge in [0.1, 0.15) is 78.6 Å². The summed E-state index contributed by atoms with van der Waals surface area (Å²) < 4.78 is 95.3. The van der Waals surface area contributed by atoms with Gasteiger partial charge in [0, 0.05) is 33.0 Å². The summed E-state index contributed by atoms with van der Waals surface area (Å²) in [6.45, 7) is -0.143. The number of nitrogens with zero attached hydrogens (tertiary/aromatic N) is 12. The van der Waals surface area contributed by atoms with Crippen LogP contribution in [0.2, 0.25) is 0 Å². The Hall–Kier alpha value is -4.74. The molecule has 6 aromatic rings. The van der Waals surface area contributed by atoms with Gasteiger partial charge in [0.25, 0.3) is 0 Å². The average Bonchev–Trinajstić information content (AvgIpc) is 4.09. The SMILES string of the molecule is COC1C[C@H](n2cnc3c(N)ncnc32)O[C@@H]1COP(=O)(O)O[C@H]1O[C@@H](n2cnc3c(N)ncnc32)CC1OP(=O)(O)OC1C[C@H](n2cnc3c(N)ncnc32)O[C@@H]1COP(C)(=O)O. The number of nitrogens with two attached hydrogens (primary N) is 3. The molecule has 9 N–H and O–H groups in total. The van der Waals surface area contributed by atoms with Crippen molar-refractivity contribution in [3.63, 3.8) is 0 Å². The molecule has 3 fully saturated rings. The molecule has 0 bridgehead atoms. The van der Waals surface area contributed by atoms with Crippen LogP contribution in [0.1, 0.15) is 37.9 Å². The van der Waals surface area contributed by atoms with Crippen molar-refractivity contribution in [1.82, 2.24) is 58.6 Å². The van der Waals surface area contributed by atoms with Crippen LogP contribution < -0.4 is 17.2 Å². The minimum absolute atomic E-state index is 0.0454. The van der Waals surface area contributed by atoms with Gasteiger partial charge < -0.3 is 55.4 Å². The molecule has 344 valence electrons. The van der Waals surface area contributed by atoms with E-state index in [1.165, 1.54) is 54.2 Å². The number of imidazole rings is 3. The second kappa shape index (κ2) is 17.2. The van der Waals surface area contributed by atoms with Crippen molar-refractivity contribution < 1.29 is 69.9 Å². The fraction of sp³-hybridized carbons (Fsp3) is 0.516. The number of ether oxygens (including phenoxy) is 4. The number of fused-ring (bicyclic) bond motifs is 3. The molecule has 0 radical (unpaired) electrons. The molecule has 6 aromatic heterocycles. The highest BCUT2D eigenvalue weighted by molar-refractivity contribution is 7.51. The maximum Gasteiger partial charge on any atom is 0.474 e. The van der Waals surface area contributed by atoms with Crippen molar-refractivity contribution >= 4 is 74.2 Å². The van der Waals surface area contributed by atoms with Crippen molar-refractivity contribution in [1.29, 1.82) is 0 Å². The first-order valence-electron chi connectivity index (χ1n) is 19.0. The number of hydrogen-bond donors (Lipinski definition) is 6. The van der Waals surface area contributed by atoms with E-state index in [2.05, 4.69) is 44.9 Å². The molecule has 0 amide bonds. The van der Waals surface area contributed by atoms with Gasteiger partial charge in [-0.15, -0.1) is 0 Å². The summed E-state index contributed by atoms with van der Waals surface area (Å²) in [5, 5.41) is 0. The van der Waals surface area contributed by atoms with Crippen LogP contribution in [0.15, 0.2) is 38.0 Å². The minimum atomic E-state index is -5.25. The molecule has 3 saturated heterocycles. The number of phosphoric ester groups is 2. The van der Waals surface area contributed by atoms with Crippen molar-refractivity contribution in [2.75, 3.05) is 44.2 Å². The molecule has 30 nitrogen and oxygen atoms in total. The Morgan fingerprint density at radius 3 is 1.50 bits per heavy atom. The summed E-state index contributed by atoms with van der Waals surface area (Å²) in [6, 6.07) is 0. The van der Waals surface area contributed by atoms with Crippen molar-refractivity contribution in [3.05, 3.63) is 38.0 Å². The van der Waals surface area contributed by atoms with Gasteiger partial charge in [-0.25, -0.2) is 54.0 Å². The first kappa shape index (κ1) is 44.5. The van der Waals surface area contributed by atoms with Gasteiger partial charge in [0.05, 0.1) is 38.3 Å². The van der Waals surface area contributed by atoms with Crippen molar-refractivity contribution in [2.45, 2.75) is 74.8 Å². The van der Waals surface area contributed by atoms with Crippen LogP contribution in [-0.4, -0.2) is 137 Å². The van der Waals surface area contributed by atoms with Crippen LogP contribution in [0.5, 0.6) is 0 Å². The van der Waals surface area contributed by atoms with Crippen LogP contribution in [0, 0.1) is 0 Å². The highest BCUT2D eigenvalue weighted by atomic mass is 31.2. The van der Waals surface area contributed by atoms with Gasteiger partial charge in [0.2, 0.25) is 0 Å². The van der Waals surface area contributed by atoms with Gasteiger partial charge in [0.15, 0.2) is 40.7 Å². The summed E-state index contributed by atoms with van der Waals surface area (Å²) >= 11 is 0. The van der Waals surface area contributed by atoms with Crippen molar-refractivity contribution in [3.8, 4) is 0 Å². The monoisotopic (exact) mass is 955 g/mol. The second-order valence-electron chi connectivity index (χ2n) is 14.7. The lowest BCUT2D eigenvalue weighted by atomic mass is 10.2. The quantitative estimate of drug-likeness (QED) is 0.0735. The Labute approximate surface area is 359 Å². The van der Waals surface area contributed by atoms with Gasteiger partial charge in [-0.3, -0.25) is 36.4 Å². The summed E-state index contributed by atoms with van der Waals surface area (Å²) in [5.41, 5.74) is 19.5. The molecule has 9 heterocycles. The van der Waals surface area contributed by atoms with E-state index in [1.807, 2.05) is 0 Å². The molecule has 3 aliphatic rings. The first-order chi connectivity index (χ1) is 30.5. The topological polar surface area (TPSA) is 404 Å². The maximum atomic E-state index is 14.0. The van der Waals surface area contributed by atoms with E-state index in [1.54, 1.807) is 4.57 Å². The Bertz CT molecular complexity index is 2830. The summed E-state index contributed by atoms with van der Waals surface area (Å²) in [5.74, 6) is 0.296. The largest absolute Gasteiger partial charge is 0.474 e. The molecule has 0 aliphatic carbocycles. The van der Waals surface area contributed by atoms with E-state index in [0.29, 0.717) is 11.2 Å². The summed E-state index contributed by atoms with van der Waals surface area (Å²) in [6.07, 6.45) is -2.85. The lowest BCUT2D eigenvalue weighted by Crippen LogP contribution is -2.31. The number of phosphoric acid groups is 2. The number of methoxy groups -OCH3 is 1. The lowest BCUT2D eigenvalue weighted by Gasteiger charge is -2.26. The van der Waals surface area contributed by atoms with Gasteiger partial charge >= 0.3 is 23.2 Å². The molecule has 12 atom stereocenters. The second-order valence-corrected chi connectivity index (χ2v) is 19.3. The molecule has 9 rings (SSSR count). The zero-order valence-corrected chi connectivity index (χ0v) is 36.1. The van der Waals surface area contributed by atoms with Gasteiger partial charge in [-0.2, -0.15) is 0 Å². The molecule has 64 heavy (non-hydrogen) atoms. The Morgan fingerprint density at radius 2 is 1.02 bits per heavy atom. The Morgan fingerprint density at radius 1 is 0.594 bits per heavy atom. The smallest absolute Gasteiger partial charge is 0.382 e. The number of aromatic nitrogens is 12. The van der Waals surface area contributed by atoms with Gasteiger partial charge in [-0.1, -0.05) is 0 Å². The zero-order chi connectivity index (χ0) is 45.1. The third kappa shape index (κ3) is 9.08. The lowest BCUT2D eigenvalue weighted by molar-refractivity contribution is -0.138. The predicted molar refractivity (Wildman–Crippen MR) is 214 cm³/mol. The maximum absolute atomic E-state index is 14.0. The third-order valence-electron chi connectivity index (χ3n) is 10.4. The number of nitrogen functional groups attached to an aromatic ring is 3. The predicted octanol–water partition coefficient (Wildman–Crippen LogP) is 0.924. The Balaban J connectivity index is 0.927. The normalized spacial score (nSPS) is 29.1. The van der Waals surface area contributed by atoms with Crippen LogP contribution >= 0.6 is 23.2 Å². The van der Waals surface area contributed by atoms with Crippen LogP contribution in [0.4, 0.5) is 17.5 Å². The molecule has 0 aromatic carbocycles. The van der Waals surface area contributed by atoms with Crippen LogP contribution in [0.25, 0.3) is 33.5 Å². The Kier molecular flexibility index (Phi) is 12.0. The molecule has 0 saturated carbocycles. The molecule has 6 unspecified atom stereocenters. The van der Waals surface area contributed by atoms with Crippen LogP contribution in [-0.2, 0) is 55.3 Å². The fourth-order valence-electron chi connectivity index (χ4n) is 7.52. The number of hydrogen-bond acceptors (Lipinski definition) is 24. The minimum Gasteiger partial charge on any atom is -0.382 e. The highest BCUT2D eigenvalue weighted by Crippen LogP contribution is 2.55. The molecular formula is C31H40N15O15P3. The summed E-state index contributed by atoms with van der Waals surface area (Å²) in [4.78, 5) is 69.4. The highest BCUT2D eigenvalue weighted by Gasteiger charge is 2.49. The zero-order valence-electron chi connectivity index (χ0n) is 33.4. The number of anilines is 3. The first-order valence-corrected chi connectivity index (χ1v) is 24.1. The van der Waals surface area contributed by atoms with Crippen molar-refractivity contribution in [2.24, 2.45) is 0 Å². The van der Waals surface area contributed by atoms with E-state index in [0.717, 1.165) is 6.66 Å². The van der Waals surface area contributed by atoms with E-state index < -0.39 is 91.9 Å². The van der Waals surface area contributed by atoms with Crippen LogP contribution in [0.3, 0.4) is 0 Å². The fourth-order valence-corrected chi connectivity index (χ4v) is 9.93. The number of rotatable bonds is 16. The van der Waals surface area contributed by atoms with E-state index in [9.17, 15) is 28.4 Å². The molecule has 0 spiro atoms. The average molecular weight is 956 g/mol. The molecule has 33 heteroatoms.